The van der Waals surface area contributed by atoms with Crippen molar-refractivity contribution in [2.24, 2.45) is 0 Å². The second-order valence-electron chi connectivity index (χ2n) is 6.06. The molecular weight excluding hydrogens is 315 g/mol. The van der Waals surface area contributed by atoms with E-state index in [1.54, 1.807) is 12.1 Å². The molecule has 4 rings (SSSR count). The lowest BCUT2D eigenvalue weighted by atomic mass is 10.1. The number of carbonyl (C=O) groups is 1. The summed E-state index contributed by atoms with van der Waals surface area (Å²) < 4.78 is 13.2. The van der Waals surface area contributed by atoms with Crippen LogP contribution >= 0.6 is 0 Å². The van der Waals surface area contributed by atoms with Crippen LogP contribution in [-0.4, -0.2) is 10.8 Å². The van der Waals surface area contributed by atoms with Gasteiger partial charge in [-0.3, -0.25) is 4.79 Å². The molecule has 0 spiro atoms. The van der Waals surface area contributed by atoms with Crippen LogP contribution in [0.2, 0.25) is 0 Å². The zero-order valence-corrected chi connectivity index (χ0v) is 13.5. The summed E-state index contributed by atoms with van der Waals surface area (Å²) in [5.74, 6) is -0.284. The van der Waals surface area contributed by atoms with Gasteiger partial charge in [-0.25, -0.2) is 4.39 Å². The second-order valence-corrected chi connectivity index (χ2v) is 6.06. The number of fused-ring (bicyclic) bond motifs is 1. The van der Waals surface area contributed by atoms with Crippen LogP contribution in [0.1, 0.15) is 27.7 Å². The van der Waals surface area contributed by atoms with E-state index in [4.69, 9.17) is 0 Å². The van der Waals surface area contributed by atoms with Crippen LogP contribution in [0.4, 0.5) is 10.1 Å². The third-order valence-corrected chi connectivity index (χ3v) is 4.40. The third-order valence-electron chi connectivity index (χ3n) is 4.40. The van der Waals surface area contributed by atoms with Crippen molar-refractivity contribution in [3.8, 4) is 0 Å². The minimum Gasteiger partial charge on any atom is -0.361 e. The van der Waals surface area contributed by atoms with Gasteiger partial charge in [0.2, 0.25) is 0 Å². The predicted octanol–water partition coefficient (Wildman–Crippen LogP) is 4.59. The molecule has 0 radical (unpaired) electrons. The van der Waals surface area contributed by atoms with E-state index in [-0.39, 0.29) is 17.9 Å². The summed E-state index contributed by atoms with van der Waals surface area (Å²) in [7, 11) is 0. The second kappa shape index (κ2) is 6.40. The number of anilines is 1. The lowest BCUT2D eigenvalue weighted by Gasteiger charge is -2.27. The fourth-order valence-electron chi connectivity index (χ4n) is 3.17. The lowest BCUT2D eigenvalue weighted by molar-refractivity contribution is 0.0729. The van der Waals surface area contributed by atoms with Crippen LogP contribution in [0, 0.1) is 5.82 Å². The molecule has 0 aliphatic carbocycles. The fourth-order valence-corrected chi connectivity index (χ4v) is 3.17. The highest BCUT2D eigenvalue weighted by molar-refractivity contribution is 5.99. The standard InChI is InChI=1S/C21H17FN2O/c22-16-10-12-17(13-11-16)23-20-18-8-4-5-9-19(18)21(25)24(20)14-15-6-2-1-3-7-15/h1-13,20,23H,14H2. The van der Waals surface area contributed by atoms with Crippen molar-refractivity contribution in [1.82, 2.24) is 4.90 Å². The molecule has 4 heteroatoms. The summed E-state index contributed by atoms with van der Waals surface area (Å²) >= 11 is 0. The fraction of sp³-hybridized carbons (Fsp3) is 0.0952. The molecule has 0 saturated heterocycles. The van der Waals surface area contributed by atoms with E-state index >= 15 is 0 Å². The lowest BCUT2D eigenvalue weighted by Crippen LogP contribution is -2.31. The van der Waals surface area contributed by atoms with Crippen LogP contribution in [-0.2, 0) is 6.54 Å². The normalized spacial score (nSPS) is 16.0. The van der Waals surface area contributed by atoms with Crippen molar-refractivity contribution >= 4 is 11.6 Å². The molecule has 1 atom stereocenters. The molecule has 0 fully saturated rings. The molecule has 1 heterocycles. The van der Waals surface area contributed by atoms with Gasteiger partial charge in [-0.05, 0) is 35.9 Å². The number of nitrogens with one attached hydrogen (secondary N) is 1. The van der Waals surface area contributed by atoms with E-state index < -0.39 is 0 Å². The van der Waals surface area contributed by atoms with Crippen molar-refractivity contribution in [3.05, 3.63) is 101 Å². The third kappa shape index (κ3) is 2.98. The van der Waals surface area contributed by atoms with Gasteiger partial charge >= 0.3 is 0 Å². The molecular formula is C21H17FN2O. The number of hydrogen-bond acceptors (Lipinski definition) is 2. The quantitative estimate of drug-likeness (QED) is 0.758. The van der Waals surface area contributed by atoms with Crippen LogP contribution in [0.25, 0.3) is 0 Å². The van der Waals surface area contributed by atoms with Gasteiger partial charge in [-0.2, -0.15) is 0 Å². The molecule has 1 N–H and O–H groups in total. The van der Waals surface area contributed by atoms with Crippen LogP contribution in [0.3, 0.4) is 0 Å². The number of carbonyl (C=O) groups excluding carboxylic acids is 1. The molecule has 25 heavy (non-hydrogen) atoms. The van der Waals surface area contributed by atoms with Gasteiger partial charge in [-0.15, -0.1) is 0 Å². The summed E-state index contributed by atoms with van der Waals surface area (Å²) in [5.41, 5.74) is 3.48. The Kier molecular flexibility index (Phi) is 3.94. The Hall–Kier alpha value is -3.14. The largest absolute Gasteiger partial charge is 0.361 e. The monoisotopic (exact) mass is 332 g/mol. The summed E-state index contributed by atoms with van der Waals surface area (Å²) in [6.45, 7) is 0.507. The maximum Gasteiger partial charge on any atom is 0.256 e. The van der Waals surface area contributed by atoms with Gasteiger partial charge in [0.05, 0.1) is 0 Å². The molecule has 0 saturated carbocycles. The Labute approximate surface area is 145 Å². The Morgan fingerprint density at radius 3 is 2.32 bits per heavy atom. The van der Waals surface area contributed by atoms with Crippen molar-refractivity contribution in [2.45, 2.75) is 12.7 Å². The maximum atomic E-state index is 13.2. The minimum atomic E-state index is -0.283. The van der Waals surface area contributed by atoms with Gasteiger partial charge in [0.25, 0.3) is 5.91 Å². The van der Waals surface area contributed by atoms with Crippen molar-refractivity contribution in [2.75, 3.05) is 5.32 Å². The Balaban J connectivity index is 1.68. The van der Waals surface area contributed by atoms with E-state index in [9.17, 15) is 9.18 Å². The van der Waals surface area contributed by atoms with E-state index in [0.717, 1.165) is 16.8 Å². The maximum absolute atomic E-state index is 13.2. The first kappa shape index (κ1) is 15.4. The van der Waals surface area contributed by atoms with Gasteiger partial charge in [0.15, 0.2) is 0 Å². The molecule has 3 nitrogen and oxygen atoms in total. The zero-order valence-electron chi connectivity index (χ0n) is 13.5. The molecule has 0 aromatic heterocycles. The smallest absolute Gasteiger partial charge is 0.256 e. The van der Waals surface area contributed by atoms with Crippen molar-refractivity contribution in [3.63, 3.8) is 0 Å². The van der Waals surface area contributed by atoms with Crippen molar-refractivity contribution < 1.29 is 9.18 Å². The molecule has 3 aromatic carbocycles. The molecule has 1 unspecified atom stereocenters. The number of hydrogen-bond donors (Lipinski definition) is 1. The predicted molar refractivity (Wildman–Crippen MR) is 95.5 cm³/mol. The Bertz CT molecular complexity index is 893. The van der Waals surface area contributed by atoms with E-state index in [1.807, 2.05) is 59.5 Å². The Morgan fingerprint density at radius 2 is 1.56 bits per heavy atom. The highest BCUT2D eigenvalue weighted by atomic mass is 19.1. The van der Waals surface area contributed by atoms with Gasteiger partial charge in [0, 0.05) is 23.4 Å². The minimum absolute atomic E-state index is 0.000866. The molecule has 124 valence electrons. The van der Waals surface area contributed by atoms with Crippen molar-refractivity contribution in [1.29, 1.82) is 0 Å². The SMILES string of the molecule is O=C1c2ccccc2C(Nc2ccc(F)cc2)N1Cc1ccccc1. The van der Waals surface area contributed by atoms with Crippen LogP contribution in [0.5, 0.6) is 0 Å². The van der Waals surface area contributed by atoms with Gasteiger partial charge in [0.1, 0.15) is 12.0 Å². The summed E-state index contributed by atoms with van der Waals surface area (Å²) in [6, 6.07) is 23.7. The summed E-state index contributed by atoms with van der Waals surface area (Å²) in [5, 5.41) is 3.36. The molecule has 0 bridgehead atoms. The number of rotatable bonds is 4. The first-order chi connectivity index (χ1) is 12.2. The molecule has 1 aliphatic heterocycles. The van der Waals surface area contributed by atoms with Crippen LogP contribution < -0.4 is 5.32 Å². The first-order valence-corrected chi connectivity index (χ1v) is 8.18. The highest BCUT2D eigenvalue weighted by Gasteiger charge is 2.36. The number of halogens is 1. The summed E-state index contributed by atoms with van der Waals surface area (Å²) in [6.07, 6.45) is -0.283. The molecule has 1 aliphatic rings. The average Bonchev–Trinajstić information content (AvgIpc) is 2.91. The van der Waals surface area contributed by atoms with Gasteiger partial charge < -0.3 is 10.2 Å². The zero-order chi connectivity index (χ0) is 17.2. The molecule has 1 amide bonds. The number of amides is 1. The first-order valence-electron chi connectivity index (χ1n) is 8.18. The molecule has 3 aromatic rings. The van der Waals surface area contributed by atoms with E-state index in [1.165, 1.54) is 12.1 Å². The topological polar surface area (TPSA) is 32.3 Å². The number of benzene rings is 3. The number of nitrogens with zero attached hydrogens (tertiary/aromatic N) is 1. The Morgan fingerprint density at radius 1 is 0.880 bits per heavy atom. The highest BCUT2D eigenvalue weighted by Crippen LogP contribution is 2.35. The van der Waals surface area contributed by atoms with Crippen LogP contribution in [0.15, 0.2) is 78.9 Å². The summed E-state index contributed by atoms with van der Waals surface area (Å²) in [4.78, 5) is 14.7. The average molecular weight is 332 g/mol. The van der Waals surface area contributed by atoms with E-state index in [0.29, 0.717) is 12.1 Å². The van der Waals surface area contributed by atoms with E-state index in [2.05, 4.69) is 5.32 Å². The van der Waals surface area contributed by atoms with Gasteiger partial charge in [-0.1, -0.05) is 48.5 Å².